The molecule has 0 amide bonds. The summed E-state index contributed by atoms with van der Waals surface area (Å²) in [6, 6.07) is 12.2. The molecule has 0 radical (unpaired) electrons. The number of ether oxygens (including phenoxy) is 2. The molecule has 0 aliphatic heterocycles. The minimum Gasteiger partial charge on any atom is -0.507 e. The van der Waals surface area contributed by atoms with E-state index in [1.165, 1.54) is 13.2 Å². The number of benzene rings is 2. The third-order valence-electron chi connectivity index (χ3n) is 5.73. The van der Waals surface area contributed by atoms with Gasteiger partial charge in [0.25, 0.3) is 0 Å². The molecule has 182 valence electrons. The summed E-state index contributed by atoms with van der Waals surface area (Å²) in [5, 5.41) is 31.1. The first-order valence-electron chi connectivity index (χ1n) is 11.2. The standard InChI is InChI=1S/C27H32O7/c1-17(11-13-24(29)27(2,3)31)10-12-19-22(33-16-32-4)15-23-25(26(19)30)20(28)14-21(34-23)18-8-6-5-7-9-18/h5-10,14-15,24,29-31H,11-13,16H2,1-4H3/b17-10-/t24-/m1/s1. The normalized spacial score (nSPS) is 13.3. The Morgan fingerprint density at radius 1 is 1.21 bits per heavy atom. The third-order valence-corrected chi connectivity index (χ3v) is 5.73. The number of methoxy groups -OCH3 is 1. The second-order valence-electron chi connectivity index (χ2n) is 8.93. The quantitative estimate of drug-likeness (QED) is 0.296. The molecule has 0 aliphatic rings. The number of phenols is 1. The van der Waals surface area contributed by atoms with Gasteiger partial charge in [-0.3, -0.25) is 4.79 Å². The van der Waals surface area contributed by atoms with E-state index in [1.54, 1.807) is 19.9 Å². The highest BCUT2D eigenvalue weighted by Crippen LogP contribution is 2.37. The number of rotatable bonds is 10. The van der Waals surface area contributed by atoms with Gasteiger partial charge in [0.15, 0.2) is 12.2 Å². The van der Waals surface area contributed by atoms with Gasteiger partial charge in [0.1, 0.15) is 28.2 Å². The van der Waals surface area contributed by atoms with Gasteiger partial charge >= 0.3 is 0 Å². The molecule has 0 saturated carbocycles. The van der Waals surface area contributed by atoms with Crippen LogP contribution in [0.2, 0.25) is 0 Å². The van der Waals surface area contributed by atoms with Crippen molar-refractivity contribution in [2.45, 2.75) is 51.7 Å². The number of fused-ring (bicyclic) bond motifs is 1. The van der Waals surface area contributed by atoms with E-state index in [0.717, 1.165) is 11.1 Å². The summed E-state index contributed by atoms with van der Waals surface area (Å²) in [5.74, 6) is 0.544. The zero-order chi connectivity index (χ0) is 24.9. The molecule has 0 saturated heterocycles. The molecule has 7 nitrogen and oxygen atoms in total. The van der Waals surface area contributed by atoms with E-state index in [-0.39, 0.29) is 28.9 Å². The van der Waals surface area contributed by atoms with Crippen LogP contribution < -0.4 is 10.2 Å². The van der Waals surface area contributed by atoms with Gasteiger partial charge in [-0.15, -0.1) is 0 Å². The van der Waals surface area contributed by atoms with Crippen molar-refractivity contribution in [1.82, 2.24) is 0 Å². The number of phenolic OH excluding ortho intramolecular Hbond substituents is 1. The third kappa shape index (κ3) is 6.05. The van der Waals surface area contributed by atoms with Crippen LogP contribution in [-0.4, -0.2) is 40.9 Å². The molecule has 2 aromatic carbocycles. The first-order chi connectivity index (χ1) is 16.1. The monoisotopic (exact) mass is 468 g/mol. The van der Waals surface area contributed by atoms with E-state index >= 15 is 0 Å². The van der Waals surface area contributed by atoms with Crippen LogP contribution in [0.25, 0.3) is 22.3 Å². The van der Waals surface area contributed by atoms with E-state index in [0.29, 0.717) is 36.3 Å². The molecular weight excluding hydrogens is 436 g/mol. The number of hydrogen-bond acceptors (Lipinski definition) is 7. The topological polar surface area (TPSA) is 109 Å². The first kappa shape index (κ1) is 25.5. The van der Waals surface area contributed by atoms with E-state index in [2.05, 4.69) is 0 Å². The molecule has 0 unspecified atom stereocenters. The minimum atomic E-state index is -1.18. The number of aliphatic hydroxyl groups is 2. The van der Waals surface area contributed by atoms with Crippen molar-refractivity contribution < 1.29 is 29.2 Å². The maximum absolute atomic E-state index is 12.9. The van der Waals surface area contributed by atoms with Crippen LogP contribution in [0.1, 0.15) is 39.2 Å². The summed E-state index contributed by atoms with van der Waals surface area (Å²) >= 11 is 0. The minimum absolute atomic E-state index is 0.0406. The van der Waals surface area contributed by atoms with Crippen molar-refractivity contribution in [2.24, 2.45) is 0 Å². The molecule has 7 heteroatoms. The van der Waals surface area contributed by atoms with Gasteiger partial charge in [-0.1, -0.05) is 42.0 Å². The van der Waals surface area contributed by atoms with Crippen LogP contribution in [0.3, 0.4) is 0 Å². The molecular formula is C27H32O7. The molecule has 3 aromatic rings. The Hall–Kier alpha value is -3.13. The Kier molecular flexibility index (Phi) is 8.15. The molecule has 3 N–H and O–H groups in total. The van der Waals surface area contributed by atoms with Gasteiger partial charge in [0.05, 0.1) is 11.7 Å². The van der Waals surface area contributed by atoms with Crippen molar-refractivity contribution in [3.05, 3.63) is 69.9 Å². The summed E-state index contributed by atoms with van der Waals surface area (Å²) < 4.78 is 16.7. The van der Waals surface area contributed by atoms with E-state index in [1.807, 2.05) is 43.3 Å². The fraction of sp³-hybridized carbons (Fsp3) is 0.370. The summed E-state index contributed by atoms with van der Waals surface area (Å²) in [4.78, 5) is 12.9. The first-order valence-corrected chi connectivity index (χ1v) is 11.2. The highest BCUT2D eigenvalue weighted by molar-refractivity contribution is 5.88. The molecule has 1 aromatic heterocycles. The second kappa shape index (κ2) is 10.9. The number of aromatic hydroxyl groups is 1. The molecule has 1 atom stereocenters. The Balaban J connectivity index is 1.97. The predicted octanol–water partition coefficient (Wildman–Crippen LogP) is 4.55. The van der Waals surface area contributed by atoms with Gasteiger partial charge in [-0.25, -0.2) is 0 Å². The zero-order valence-electron chi connectivity index (χ0n) is 20.0. The Bertz CT molecular complexity index is 1200. The molecule has 34 heavy (non-hydrogen) atoms. The number of allylic oxidation sites excluding steroid dienone is 2. The van der Waals surface area contributed by atoms with Crippen LogP contribution in [-0.2, 0) is 11.2 Å². The maximum atomic E-state index is 12.9. The summed E-state index contributed by atoms with van der Waals surface area (Å²) in [6.45, 7) is 5.00. The molecule has 1 heterocycles. The van der Waals surface area contributed by atoms with Gasteiger partial charge < -0.3 is 29.2 Å². The molecule has 3 rings (SSSR count). The lowest BCUT2D eigenvalue weighted by Gasteiger charge is -2.24. The summed E-state index contributed by atoms with van der Waals surface area (Å²) in [7, 11) is 1.49. The van der Waals surface area contributed by atoms with Crippen molar-refractivity contribution in [1.29, 1.82) is 0 Å². The summed E-state index contributed by atoms with van der Waals surface area (Å²) in [5.41, 5.74) is 0.832. The lowest BCUT2D eigenvalue weighted by molar-refractivity contribution is -0.0509. The van der Waals surface area contributed by atoms with Crippen LogP contribution >= 0.6 is 0 Å². The molecule has 0 spiro atoms. The molecule has 0 fully saturated rings. The van der Waals surface area contributed by atoms with Crippen LogP contribution in [0.4, 0.5) is 0 Å². The fourth-order valence-corrected chi connectivity index (χ4v) is 3.61. The van der Waals surface area contributed by atoms with E-state index in [4.69, 9.17) is 13.9 Å². The van der Waals surface area contributed by atoms with Crippen LogP contribution in [0.5, 0.6) is 11.5 Å². The van der Waals surface area contributed by atoms with Crippen molar-refractivity contribution in [3.63, 3.8) is 0 Å². The lowest BCUT2D eigenvalue weighted by Crippen LogP contribution is -2.35. The van der Waals surface area contributed by atoms with Gasteiger partial charge in [-0.2, -0.15) is 0 Å². The Morgan fingerprint density at radius 3 is 2.56 bits per heavy atom. The van der Waals surface area contributed by atoms with Gasteiger partial charge in [0, 0.05) is 30.4 Å². The van der Waals surface area contributed by atoms with Crippen molar-refractivity contribution >= 4 is 11.0 Å². The fourth-order valence-electron chi connectivity index (χ4n) is 3.61. The van der Waals surface area contributed by atoms with Crippen LogP contribution in [0.15, 0.2) is 63.3 Å². The zero-order valence-corrected chi connectivity index (χ0v) is 20.0. The Morgan fingerprint density at radius 2 is 1.91 bits per heavy atom. The highest BCUT2D eigenvalue weighted by atomic mass is 16.7. The highest BCUT2D eigenvalue weighted by Gasteiger charge is 2.24. The average Bonchev–Trinajstić information content (AvgIpc) is 2.80. The van der Waals surface area contributed by atoms with Crippen LogP contribution in [0, 0.1) is 0 Å². The van der Waals surface area contributed by atoms with Crippen molar-refractivity contribution in [3.8, 4) is 22.8 Å². The molecule has 0 aliphatic carbocycles. The van der Waals surface area contributed by atoms with Gasteiger partial charge in [0.2, 0.25) is 0 Å². The smallest absolute Gasteiger partial charge is 0.197 e. The number of aliphatic hydroxyl groups excluding tert-OH is 1. The Labute approximate surface area is 198 Å². The van der Waals surface area contributed by atoms with E-state index < -0.39 is 11.7 Å². The van der Waals surface area contributed by atoms with Gasteiger partial charge in [-0.05, 0) is 40.0 Å². The SMILES string of the molecule is COCOc1cc2oc(-c3ccccc3)cc(=O)c2c(O)c1C/C=C(/C)CC[C@@H](O)C(C)(C)O. The second-order valence-corrected chi connectivity index (χ2v) is 8.93. The molecule has 0 bridgehead atoms. The number of hydrogen-bond donors (Lipinski definition) is 3. The van der Waals surface area contributed by atoms with E-state index in [9.17, 15) is 20.1 Å². The lowest BCUT2D eigenvalue weighted by atomic mass is 9.95. The largest absolute Gasteiger partial charge is 0.507 e. The van der Waals surface area contributed by atoms with Crippen molar-refractivity contribution in [2.75, 3.05) is 13.9 Å². The summed E-state index contributed by atoms with van der Waals surface area (Å²) in [6.07, 6.45) is 2.31. The average molecular weight is 469 g/mol. The predicted molar refractivity (Wildman–Crippen MR) is 131 cm³/mol. The maximum Gasteiger partial charge on any atom is 0.197 e.